The summed E-state index contributed by atoms with van der Waals surface area (Å²) >= 11 is 0. The second-order valence-electron chi connectivity index (χ2n) is 3.48. The lowest BCUT2D eigenvalue weighted by Crippen LogP contribution is -1.98. The Kier molecular flexibility index (Phi) is 4.02. The third kappa shape index (κ3) is 2.37. The van der Waals surface area contributed by atoms with Crippen LogP contribution in [0.25, 0.3) is 0 Å². The molecule has 0 aliphatic carbocycles. The SMILES string of the molecule is C.[3H]F.c1coc(C(c2ccco2)c2ccco2)c1. The van der Waals surface area contributed by atoms with Crippen LogP contribution in [-0.4, -0.2) is 1.45 Å². The van der Waals surface area contributed by atoms with E-state index in [9.17, 15) is 0 Å². The molecule has 0 spiro atoms. The van der Waals surface area contributed by atoms with Crippen LogP contribution < -0.4 is 0 Å². The summed E-state index contributed by atoms with van der Waals surface area (Å²) in [6.07, 6.45) is 4.94. The maximum absolute atomic E-state index is 8.75. The summed E-state index contributed by atoms with van der Waals surface area (Å²) in [5.41, 5.74) is 0. The number of furan rings is 3. The lowest BCUT2D eigenvalue weighted by Gasteiger charge is -2.08. The molecule has 3 aromatic heterocycles. The predicted molar refractivity (Wildman–Crippen MR) is 66.3 cm³/mol. The number of hydrogen-bond donors (Lipinski definition) is 0. The molecule has 3 rings (SSSR count). The van der Waals surface area contributed by atoms with E-state index in [2.05, 4.69) is 1.45 Å². The fraction of sp³-hybridized carbons (Fsp3) is 0.143. The standard InChI is InChI=1S/C13H10O3.CH4.FH/c1-4-10(14-7-1)13(11-5-2-8-15-11)12-6-3-9-16-12;;/h1-9,13H;1H4;1H/i/hT. The zero-order valence-electron chi connectivity index (χ0n) is 9.88. The molecule has 0 atom stereocenters. The van der Waals surface area contributed by atoms with Gasteiger partial charge in [-0.3, -0.25) is 4.72 Å². The monoisotopic (exact) mass is 252 g/mol. The average molecular weight is 252 g/mol. The highest BCUT2D eigenvalue weighted by atomic mass is 19.0. The van der Waals surface area contributed by atoms with E-state index < -0.39 is 0 Å². The Bertz CT molecular complexity index is 448. The molecule has 0 saturated heterocycles. The van der Waals surface area contributed by atoms with Crippen molar-refractivity contribution in [3.05, 3.63) is 72.5 Å². The van der Waals surface area contributed by atoms with Gasteiger partial charge in [-0.05, 0) is 36.4 Å². The van der Waals surface area contributed by atoms with Gasteiger partial charge in [0.1, 0.15) is 23.2 Å². The van der Waals surface area contributed by atoms with Crippen LogP contribution in [0.2, 0.25) is 0 Å². The smallest absolute Gasteiger partial charge is 0.269 e. The van der Waals surface area contributed by atoms with E-state index in [0.29, 0.717) is 0 Å². The first-order valence-electron chi connectivity index (χ1n) is 5.43. The molecule has 0 aliphatic rings. The highest BCUT2D eigenvalue weighted by Gasteiger charge is 2.24. The fourth-order valence-corrected chi connectivity index (χ4v) is 1.79. The zero-order valence-corrected chi connectivity index (χ0v) is 8.88. The Labute approximate surface area is 106 Å². The summed E-state index contributed by atoms with van der Waals surface area (Å²) < 4.78 is 29.3. The van der Waals surface area contributed by atoms with Crippen molar-refractivity contribution >= 4 is 0 Å². The van der Waals surface area contributed by atoms with Crippen LogP contribution in [0.3, 0.4) is 0 Å². The second kappa shape index (κ2) is 5.91. The van der Waals surface area contributed by atoms with E-state index in [1.165, 1.54) is 0 Å². The third-order valence-corrected chi connectivity index (χ3v) is 2.48. The third-order valence-electron chi connectivity index (χ3n) is 2.48. The maximum Gasteiger partial charge on any atom is 0.269 e. The van der Waals surface area contributed by atoms with Gasteiger partial charge in [0.15, 0.2) is 0 Å². The first-order valence-corrected chi connectivity index (χ1v) is 5.05. The molecular weight excluding hydrogens is 235 g/mol. The molecule has 3 heterocycles. The van der Waals surface area contributed by atoms with Crippen molar-refractivity contribution in [3.8, 4) is 0 Å². The Morgan fingerprint density at radius 1 is 0.778 bits per heavy atom. The van der Waals surface area contributed by atoms with Crippen LogP contribution in [0, 0.1) is 0 Å². The van der Waals surface area contributed by atoms with E-state index in [-0.39, 0.29) is 13.3 Å². The van der Waals surface area contributed by atoms with Crippen LogP contribution in [0.4, 0.5) is 4.72 Å². The summed E-state index contributed by atoms with van der Waals surface area (Å²) in [4.78, 5) is 0. The van der Waals surface area contributed by atoms with Crippen molar-refractivity contribution in [2.75, 3.05) is 0 Å². The minimum Gasteiger partial charge on any atom is -0.468 e. The highest BCUT2D eigenvalue weighted by molar-refractivity contribution is 5.29. The molecule has 18 heavy (non-hydrogen) atoms. The van der Waals surface area contributed by atoms with Crippen LogP contribution in [-0.2, 0) is 0 Å². The van der Waals surface area contributed by atoms with Gasteiger partial charge in [-0.1, -0.05) is 7.43 Å². The van der Waals surface area contributed by atoms with Crippen LogP contribution in [0.1, 0.15) is 30.6 Å². The summed E-state index contributed by atoms with van der Waals surface area (Å²) in [5.74, 6) is 2.32. The summed E-state index contributed by atoms with van der Waals surface area (Å²) in [6, 6.07) is 11.3. The molecule has 0 aliphatic heterocycles. The Balaban J connectivity index is 0.000000576. The van der Waals surface area contributed by atoms with Gasteiger partial charge in [0.2, 0.25) is 0 Å². The molecule has 0 radical (unpaired) electrons. The predicted octanol–water partition coefficient (Wildman–Crippen LogP) is 4.43. The molecule has 0 bridgehead atoms. The lowest BCUT2D eigenvalue weighted by atomic mass is 10.0. The molecule has 3 nitrogen and oxygen atoms in total. The van der Waals surface area contributed by atoms with Crippen LogP contribution in [0.15, 0.2) is 68.4 Å². The van der Waals surface area contributed by atoms with Gasteiger partial charge in [0, 0.05) is 0 Å². The number of hydrogen-bond acceptors (Lipinski definition) is 3. The van der Waals surface area contributed by atoms with E-state index in [1.54, 1.807) is 18.8 Å². The van der Waals surface area contributed by atoms with Gasteiger partial charge in [-0.2, -0.15) is 0 Å². The van der Waals surface area contributed by atoms with Gasteiger partial charge < -0.3 is 13.3 Å². The van der Waals surface area contributed by atoms with Gasteiger partial charge >= 0.3 is 0 Å². The minimum atomic E-state index is -0.111. The maximum atomic E-state index is 8.75. The molecule has 3 aromatic rings. The van der Waals surface area contributed by atoms with E-state index in [1.807, 2.05) is 36.4 Å². The van der Waals surface area contributed by atoms with E-state index in [4.69, 9.17) is 18.0 Å². The van der Waals surface area contributed by atoms with Gasteiger partial charge in [-0.15, -0.1) is 0 Å². The summed E-state index contributed by atoms with van der Waals surface area (Å²) in [5, 5.41) is 0. The average Bonchev–Trinajstić information content (AvgIpc) is 3.17. The number of rotatable bonds is 3. The molecule has 0 N–H and O–H groups in total. The Morgan fingerprint density at radius 3 is 1.33 bits per heavy atom. The van der Waals surface area contributed by atoms with Crippen molar-refractivity contribution in [1.29, 1.82) is 1.45 Å². The van der Waals surface area contributed by atoms with Gasteiger partial charge in [0.25, 0.3) is 1.45 Å². The first-order chi connectivity index (χ1) is 8.95. The molecular formula is C14H15FO3. The van der Waals surface area contributed by atoms with Crippen LogP contribution >= 0.6 is 0 Å². The lowest BCUT2D eigenvalue weighted by molar-refractivity contribution is 0.406. The minimum absolute atomic E-state index is 0. The number of halogens is 1. The molecule has 96 valence electrons. The Hall–Kier alpha value is -2.23. The van der Waals surface area contributed by atoms with Gasteiger partial charge in [0.05, 0.1) is 18.8 Å². The topological polar surface area (TPSA) is 39.4 Å². The van der Waals surface area contributed by atoms with Crippen molar-refractivity contribution in [1.82, 2.24) is 0 Å². The van der Waals surface area contributed by atoms with Gasteiger partial charge in [-0.25, -0.2) is 0 Å². The summed E-state index contributed by atoms with van der Waals surface area (Å²) in [6.45, 7) is 0. The van der Waals surface area contributed by atoms with Crippen molar-refractivity contribution in [2.45, 2.75) is 13.3 Å². The van der Waals surface area contributed by atoms with E-state index >= 15 is 0 Å². The van der Waals surface area contributed by atoms with Crippen LogP contribution in [0.5, 0.6) is 0 Å². The Morgan fingerprint density at radius 2 is 1.11 bits per heavy atom. The van der Waals surface area contributed by atoms with E-state index in [0.717, 1.165) is 17.3 Å². The molecule has 4 heteroatoms. The largest absolute Gasteiger partial charge is 0.468 e. The second-order valence-corrected chi connectivity index (χ2v) is 3.48. The normalized spacial score (nSPS) is 10.2. The zero-order chi connectivity index (χ0) is 12.8. The van der Waals surface area contributed by atoms with Crippen molar-refractivity contribution in [2.24, 2.45) is 0 Å². The van der Waals surface area contributed by atoms with Crippen molar-refractivity contribution in [3.63, 3.8) is 0 Å². The molecule has 0 saturated carbocycles. The molecule has 0 aromatic carbocycles. The fourth-order valence-electron chi connectivity index (χ4n) is 1.79. The molecule has 0 amide bonds. The highest BCUT2D eigenvalue weighted by Crippen LogP contribution is 2.32. The first kappa shape index (κ1) is 12.2. The quantitative estimate of drug-likeness (QED) is 0.692. The molecule has 0 fully saturated rings. The van der Waals surface area contributed by atoms with Crippen molar-refractivity contribution < 1.29 is 18.0 Å². The summed E-state index contributed by atoms with van der Waals surface area (Å²) in [7, 11) is 0. The molecule has 0 unspecified atom stereocenters.